The lowest BCUT2D eigenvalue weighted by molar-refractivity contribution is 0.0526. The lowest BCUT2D eigenvalue weighted by Crippen LogP contribution is -2.31. The van der Waals surface area contributed by atoms with E-state index in [1.54, 1.807) is 37.3 Å². The van der Waals surface area contributed by atoms with Gasteiger partial charge in [0.05, 0.1) is 23.1 Å². The van der Waals surface area contributed by atoms with Crippen molar-refractivity contribution in [2.24, 2.45) is 11.8 Å². The van der Waals surface area contributed by atoms with Crippen molar-refractivity contribution in [3.63, 3.8) is 0 Å². The number of phenols is 1. The molecule has 7 nitrogen and oxygen atoms in total. The normalized spacial score (nSPS) is 11.5. The molecule has 0 aliphatic rings. The van der Waals surface area contributed by atoms with E-state index in [0.29, 0.717) is 52.8 Å². The van der Waals surface area contributed by atoms with Gasteiger partial charge in [0.1, 0.15) is 23.3 Å². The van der Waals surface area contributed by atoms with E-state index in [-0.39, 0.29) is 16.9 Å². The van der Waals surface area contributed by atoms with Crippen LogP contribution < -0.4 is 10.2 Å². The van der Waals surface area contributed by atoms with E-state index in [1.807, 2.05) is 0 Å². The average molecular weight is 468 g/mol. The van der Waals surface area contributed by atoms with Crippen LogP contribution in [0.15, 0.2) is 51.9 Å². The second kappa shape index (κ2) is 11.2. The number of phenolic OH excluding ortho intramolecular Hbond substituents is 1. The standard InChI is InChI=1S/C27H33NO6/c1-6-32-27(31)19-7-9-20(10-8-19)34-24-16-33-26-21(25(24)30)11-12-23(29)22(26)15-28(13-17(2)3)14-18(4)5/h7-12,16-18,29H,6,13-15H2,1-5H3. The number of benzene rings is 2. The topological polar surface area (TPSA) is 89.2 Å². The minimum Gasteiger partial charge on any atom is -0.507 e. The zero-order valence-corrected chi connectivity index (χ0v) is 20.5. The first-order valence-electron chi connectivity index (χ1n) is 11.6. The zero-order valence-electron chi connectivity index (χ0n) is 20.5. The Morgan fingerprint density at radius 2 is 1.68 bits per heavy atom. The van der Waals surface area contributed by atoms with Gasteiger partial charge in [-0.15, -0.1) is 0 Å². The summed E-state index contributed by atoms with van der Waals surface area (Å²) in [5.74, 6) is 0.996. The van der Waals surface area contributed by atoms with Gasteiger partial charge in [-0.2, -0.15) is 0 Å². The Labute approximate surface area is 199 Å². The third-order valence-corrected chi connectivity index (χ3v) is 5.21. The molecule has 0 radical (unpaired) electrons. The number of nitrogens with zero attached hydrogens (tertiary/aromatic N) is 1. The first-order valence-corrected chi connectivity index (χ1v) is 11.6. The monoisotopic (exact) mass is 467 g/mol. The summed E-state index contributed by atoms with van der Waals surface area (Å²) in [6, 6.07) is 9.40. The highest BCUT2D eigenvalue weighted by atomic mass is 16.5. The molecule has 0 saturated carbocycles. The largest absolute Gasteiger partial charge is 0.507 e. The minimum absolute atomic E-state index is 0.0224. The molecular formula is C27H33NO6. The van der Waals surface area contributed by atoms with Gasteiger partial charge in [0, 0.05) is 19.6 Å². The van der Waals surface area contributed by atoms with Crippen molar-refractivity contribution >= 4 is 16.9 Å². The molecule has 0 unspecified atom stereocenters. The molecule has 0 aliphatic heterocycles. The van der Waals surface area contributed by atoms with Gasteiger partial charge in [-0.25, -0.2) is 4.79 Å². The molecule has 1 N–H and O–H groups in total. The number of rotatable bonds is 10. The summed E-state index contributed by atoms with van der Waals surface area (Å²) in [7, 11) is 0. The molecule has 34 heavy (non-hydrogen) atoms. The SMILES string of the molecule is CCOC(=O)c1ccc(Oc2coc3c(CN(CC(C)C)CC(C)C)c(O)ccc3c2=O)cc1. The van der Waals surface area contributed by atoms with Gasteiger partial charge >= 0.3 is 5.97 Å². The molecule has 1 aromatic heterocycles. The first-order chi connectivity index (χ1) is 16.2. The number of carbonyl (C=O) groups excluding carboxylic acids is 1. The quantitative estimate of drug-likeness (QED) is 0.389. The molecule has 0 atom stereocenters. The summed E-state index contributed by atoms with van der Waals surface area (Å²) in [5, 5.41) is 10.9. The van der Waals surface area contributed by atoms with E-state index < -0.39 is 5.97 Å². The van der Waals surface area contributed by atoms with E-state index in [9.17, 15) is 14.7 Å². The second-order valence-electron chi connectivity index (χ2n) is 9.20. The first kappa shape index (κ1) is 25.3. The number of aromatic hydroxyl groups is 1. The van der Waals surface area contributed by atoms with E-state index in [2.05, 4.69) is 32.6 Å². The van der Waals surface area contributed by atoms with Crippen LogP contribution in [0.5, 0.6) is 17.2 Å². The maximum Gasteiger partial charge on any atom is 0.338 e. The second-order valence-corrected chi connectivity index (χ2v) is 9.20. The molecule has 0 saturated heterocycles. The number of carbonyl (C=O) groups is 1. The van der Waals surface area contributed by atoms with Crippen LogP contribution in [-0.4, -0.2) is 35.7 Å². The van der Waals surface area contributed by atoms with Crippen molar-refractivity contribution in [1.82, 2.24) is 4.90 Å². The van der Waals surface area contributed by atoms with Gasteiger partial charge < -0.3 is 19.0 Å². The lowest BCUT2D eigenvalue weighted by atomic mass is 10.1. The van der Waals surface area contributed by atoms with Crippen molar-refractivity contribution in [3.8, 4) is 17.2 Å². The predicted molar refractivity (Wildman–Crippen MR) is 132 cm³/mol. The Morgan fingerprint density at radius 3 is 2.26 bits per heavy atom. The van der Waals surface area contributed by atoms with Crippen LogP contribution in [0, 0.1) is 11.8 Å². The summed E-state index contributed by atoms with van der Waals surface area (Å²) >= 11 is 0. The van der Waals surface area contributed by atoms with Crippen molar-refractivity contribution in [3.05, 3.63) is 64.0 Å². The molecule has 3 aromatic rings. The molecule has 2 aromatic carbocycles. The van der Waals surface area contributed by atoms with Gasteiger partial charge in [0.25, 0.3) is 0 Å². The fraction of sp³-hybridized carbons (Fsp3) is 0.407. The summed E-state index contributed by atoms with van der Waals surface area (Å²) in [6.07, 6.45) is 1.27. The highest BCUT2D eigenvalue weighted by Crippen LogP contribution is 2.30. The summed E-state index contributed by atoms with van der Waals surface area (Å²) in [4.78, 5) is 27.2. The lowest BCUT2D eigenvalue weighted by Gasteiger charge is -2.26. The molecule has 7 heteroatoms. The Hall–Kier alpha value is -3.32. The van der Waals surface area contributed by atoms with Crippen molar-refractivity contribution < 1.29 is 23.8 Å². The Balaban J connectivity index is 1.90. The van der Waals surface area contributed by atoms with E-state index in [1.165, 1.54) is 12.3 Å². The molecule has 182 valence electrons. The molecular weight excluding hydrogens is 434 g/mol. The minimum atomic E-state index is -0.421. The Kier molecular flexibility index (Phi) is 8.34. The van der Waals surface area contributed by atoms with Crippen LogP contribution in [0.3, 0.4) is 0 Å². The average Bonchev–Trinajstić information content (AvgIpc) is 2.77. The van der Waals surface area contributed by atoms with Crippen molar-refractivity contribution in [1.29, 1.82) is 0 Å². The van der Waals surface area contributed by atoms with E-state index in [4.69, 9.17) is 13.9 Å². The summed E-state index contributed by atoms with van der Waals surface area (Å²) in [6.45, 7) is 12.8. The predicted octanol–water partition coefficient (Wildman–Crippen LogP) is 5.58. The third kappa shape index (κ3) is 6.17. The highest BCUT2D eigenvalue weighted by molar-refractivity contribution is 5.89. The van der Waals surface area contributed by atoms with E-state index in [0.717, 1.165) is 13.1 Å². The van der Waals surface area contributed by atoms with Gasteiger partial charge in [0.15, 0.2) is 0 Å². The number of hydrogen-bond acceptors (Lipinski definition) is 7. The Morgan fingerprint density at radius 1 is 1.03 bits per heavy atom. The maximum atomic E-state index is 13.1. The fourth-order valence-corrected chi connectivity index (χ4v) is 3.91. The molecule has 0 aliphatic carbocycles. The van der Waals surface area contributed by atoms with Gasteiger partial charge in [-0.1, -0.05) is 27.7 Å². The smallest absolute Gasteiger partial charge is 0.338 e. The van der Waals surface area contributed by atoms with Crippen LogP contribution in [0.4, 0.5) is 0 Å². The molecule has 0 amide bonds. The number of hydrogen-bond donors (Lipinski definition) is 1. The Bertz CT molecular complexity index is 1170. The summed E-state index contributed by atoms with van der Waals surface area (Å²) < 4.78 is 16.5. The van der Waals surface area contributed by atoms with Crippen LogP contribution >= 0.6 is 0 Å². The zero-order chi connectivity index (χ0) is 24.8. The molecule has 1 heterocycles. The fourth-order valence-electron chi connectivity index (χ4n) is 3.91. The number of esters is 1. The molecule has 3 rings (SSSR count). The molecule has 0 bridgehead atoms. The maximum absolute atomic E-state index is 13.1. The van der Waals surface area contributed by atoms with Crippen LogP contribution in [0.1, 0.15) is 50.5 Å². The molecule has 0 fully saturated rings. The third-order valence-electron chi connectivity index (χ3n) is 5.21. The highest BCUT2D eigenvalue weighted by Gasteiger charge is 2.19. The number of ether oxygens (including phenoxy) is 2. The van der Waals surface area contributed by atoms with Crippen LogP contribution in [0.25, 0.3) is 11.0 Å². The van der Waals surface area contributed by atoms with Crippen molar-refractivity contribution in [2.45, 2.75) is 41.2 Å². The number of fused-ring (bicyclic) bond motifs is 1. The van der Waals surface area contributed by atoms with Crippen LogP contribution in [0.2, 0.25) is 0 Å². The van der Waals surface area contributed by atoms with Crippen molar-refractivity contribution in [2.75, 3.05) is 19.7 Å². The van der Waals surface area contributed by atoms with Crippen LogP contribution in [-0.2, 0) is 11.3 Å². The van der Waals surface area contributed by atoms with E-state index >= 15 is 0 Å². The van der Waals surface area contributed by atoms with Gasteiger partial charge in [0.2, 0.25) is 11.2 Å². The summed E-state index contributed by atoms with van der Waals surface area (Å²) in [5.41, 5.74) is 0.997. The molecule has 0 spiro atoms. The van der Waals surface area contributed by atoms with Gasteiger partial charge in [-0.05, 0) is 55.2 Å². The van der Waals surface area contributed by atoms with Gasteiger partial charge in [-0.3, -0.25) is 9.69 Å².